The quantitative estimate of drug-likeness (QED) is 0.641. The van der Waals surface area contributed by atoms with Crippen LogP contribution in [0.1, 0.15) is 53.2 Å². The van der Waals surface area contributed by atoms with Crippen molar-refractivity contribution in [2.75, 3.05) is 6.73 Å². The van der Waals surface area contributed by atoms with E-state index in [0.717, 1.165) is 36.3 Å². The molecule has 1 saturated carbocycles. The van der Waals surface area contributed by atoms with Gasteiger partial charge in [-0.1, -0.05) is 6.07 Å². The van der Waals surface area contributed by atoms with Crippen molar-refractivity contribution in [1.29, 1.82) is 0 Å². The van der Waals surface area contributed by atoms with Crippen molar-refractivity contribution in [2.45, 2.75) is 58.2 Å². The molecule has 1 amide bonds. The number of hydrogen-bond acceptors (Lipinski definition) is 5. The number of nitrogens with zero attached hydrogens (tertiary/aromatic N) is 4. The average molecular weight is 451 g/mol. The van der Waals surface area contributed by atoms with Crippen LogP contribution < -0.4 is 4.74 Å². The normalized spacial score (nSPS) is 20.1. The van der Waals surface area contributed by atoms with E-state index in [0.29, 0.717) is 24.0 Å². The molecule has 1 aromatic carbocycles. The summed E-state index contributed by atoms with van der Waals surface area (Å²) in [5.74, 6) is -0.788. The zero-order chi connectivity index (χ0) is 23.1. The van der Waals surface area contributed by atoms with E-state index in [1.165, 1.54) is 4.90 Å². The molecule has 2 aromatic heterocycles. The Hall–Kier alpha value is -3.26. The second-order valence-corrected chi connectivity index (χ2v) is 8.75. The predicted molar refractivity (Wildman–Crippen MR) is 120 cm³/mol. The van der Waals surface area contributed by atoms with Crippen LogP contribution in [-0.2, 0) is 13.0 Å². The van der Waals surface area contributed by atoms with E-state index in [2.05, 4.69) is 10.1 Å². The number of carbonyl (C=O) groups excluding carboxylic acids is 1. The smallest absolute Gasteiger partial charge is 0.260 e. The van der Waals surface area contributed by atoms with Crippen molar-refractivity contribution >= 4 is 5.91 Å². The van der Waals surface area contributed by atoms with E-state index in [9.17, 15) is 9.90 Å². The van der Waals surface area contributed by atoms with Crippen molar-refractivity contribution in [1.82, 2.24) is 19.7 Å². The summed E-state index contributed by atoms with van der Waals surface area (Å²) in [5, 5.41) is 14.7. The van der Waals surface area contributed by atoms with E-state index in [1.807, 2.05) is 36.0 Å². The number of rotatable bonds is 5. The Labute approximate surface area is 191 Å². The summed E-state index contributed by atoms with van der Waals surface area (Å²) in [5.41, 5.74) is 3.87. The molecule has 5 rings (SSSR count). The van der Waals surface area contributed by atoms with Crippen LogP contribution in [0.3, 0.4) is 0 Å². The molecule has 3 heterocycles. The van der Waals surface area contributed by atoms with Gasteiger partial charge in [0.1, 0.15) is 5.69 Å². The van der Waals surface area contributed by atoms with Crippen LogP contribution in [0, 0.1) is 12.7 Å². The second-order valence-electron chi connectivity index (χ2n) is 8.75. The molecule has 3 aromatic rings. The van der Waals surface area contributed by atoms with Gasteiger partial charge in [0.2, 0.25) is 0 Å². The highest BCUT2D eigenvalue weighted by atomic mass is 19.1. The van der Waals surface area contributed by atoms with Crippen LogP contribution in [0.25, 0.3) is 11.4 Å². The van der Waals surface area contributed by atoms with E-state index in [-0.39, 0.29) is 30.0 Å². The molecule has 0 radical (unpaired) electrons. The SMILES string of the molecule is CCn1ccc(-c2ccc(Cc3cc4c(c(F)c3C)OCN(C3CCC[C@@H]3O)C4=O)cn2)n1. The number of ether oxygens (including phenoxy) is 1. The number of amides is 1. The molecule has 172 valence electrons. The minimum atomic E-state index is -0.567. The molecule has 1 aliphatic heterocycles. The summed E-state index contributed by atoms with van der Waals surface area (Å²) in [6, 6.07) is 7.21. The number of benzene rings is 1. The van der Waals surface area contributed by atoms with Gasteiger partial charge in [-0.15, -0.1) is 0 Å². The highest BCUT2D eigenvalue weighted by Gasteiger charge is 2.39. The molecule has 2 aliphatic rings. The summed E-state index contributed by atoms with van der Waals surface area (Å²) >= 11 is 0. The largest absolute Gasteiger partial charge is 0.469 e. The van der Waals surface area contributed by atoms with Crippen molar-refractivity contribution in [3.63, 3.8) is 0 Å². The second kappa shape index (κ2) is 8.59. The number of carbonyl (C=O) groups is 1. The first kappa shape index (κ1) is 21.6. The van der Waals surface area contributed by atoms with Crippen LogP contribution in [0.4, 0.5) is 4.39 Å². The first-order valence-corrected chi connectivity index (χ1v) is 11.4. The maximum atomic E-state index is 15.2. The van der Waals surface area contributed by atoms with E-state index < -0.39 is 11.9 Å². The fourth-order valence-corrected chi connectivity index (χ4v) is 4.71. The third-order valence-electron chi connectivity index (χ3n) is 6.70. The third kappa shape index (κ3) is 3.88. The van der Waals surface area contributed by atoms with Crippen molar-refractivity contribution < 1.29 is 19.0 Å². The minimum absolute atomic E-state index is 0.00460. The maximum Gasteiger partial charge on any atom is 0.260 e. The Morgan fingerprint density at radius 3 is 2.76 bits per heavy atom. The third-order valence-corrected chi connectivity index (χ3v) is 6.70. The van der Waals surface area contributed by atoms with Gasteiger partial charge in [0, 0.05) is 18.9 Å². The van der Waals surface area contributed by atoms with Crippen molar-refractivity contribution in [3.8, 4) is 17.1 Å². The molecule has 1 unspecified atom stereocenters. The lowest BCUT2D eigenvalue weighted by molar-refractivity contribution is 0.0115. The number of aliphatic hydroxyl groups is 1. The van der Waals surface area contributed by atoms with Crippen LogP contribution in [0.15, 0.2) is 36.7 Å². The van der Waals surface area contributed by atoms with Gasteiger partial charge in [-0.3, -0.25) is 19.4 Å². The zero-order valence-corrected chi connectivity index (χ0v) is 18.8. The molecule has 0 spiro atoms. The summed E-state index contributed by atoms with van der Waals surface area (Å²) in [6.07, 6.45) is 5.79. The van der Waals surface area contributed by atoms with E-state index in [1.54, 1.807) is 19.2 Å². The highest BCUT2D eigenvalue weighted by molar-refractivity contribution is 5.98. The lowest BCUT2D eigenvalue weighted by atomic mass is 9.96. The molecule has 8 heteroatoms. The Morgan fingerprint density at radius 1 is 1.24 bits per heavy atom. The fourth-order valence-electron chi connectivity index (χ4n) is 4.71. The lowest BCUT2D eigenvalue weighted by Crippen LogP contribution is -2.48. The zero-order valence-electron chi connectivity index (χ0n) is 18.8. The number of hydrogen-bond donors (Lipinski definition) is 1. The molecule has 7 nitrogen and oxygen atoms in total. The molecular weight excluding hydrogens is 423 g/mol. The minimum Gasteiger partial charge on any atom is -0.469 e. The molecule has 2 atom stereocenters. The Balaban J connectivity index is 1.41. The number of halogens is 1. The summed E-state index contributed by atoms with van der Waals surface area (Å²) in [6.45, 7) is 4.48. The van der Waals surface area contributed by atoms with Gasteiger partial charge >= 0.3 is 0 Å². The number of aryl methyl sites for hydroxylation is 1. The first-order chi connectivity index (χ1) is 16.0. The molecule has 1 fully saturated rings. The van der Waals surface area contributed by atoms with Crippen LogP contribution >= 0.6 is 0 Å². The fraction of sp³-hybridized carbons (Fsp3) is 0.400. The summed E-state index contributed by atoms with van der Waals surface area (Å²) in [4.78, 5) is 19.2. The molecule has 1 aliphatic carbocycles. The molecular formula is C25H27FN4O3. The monoisotopic (exact) mass is 450 g/mol. The van der Waals surface area contributed by atoms with Gasteiger partial charge in [0.25, 0.3) is 5.91 Å². The standard InChI is InChI=1S/C25H27FN4O3/c1-3-29-10-9-20(28-29)19-8-7-16(13-27-19)11-17-12-18-24(23(26)15(17)2)33-14-30(25(18)32)21-5-4-6-22(21)31/h7-10,12-13,21-22,31H,3-6,11,14H2,1-2H3/t21?,22-/m0/s1. The molecule has 0 saturated heterocycles. The van der Waals surface area contributed by atoms with Crippen LogP contribution in [0.5, 0.6) is 5.75 Å². The molecule has 0 bridgehead atoms. The summed E-state index contributed by atoms with van der Waals surface area (Å²) in [7, 11) is 0. The van der Waals surface area contributed by atoms with Gasteiger partial charge in [-0.05, 0) is 74.4 Å². The Kier molecular flexibility index (Phi) is 5.62. The number of fused-ring (bicyclic) bond motifs is 1. The number of pyridine rings is 1. The predicted octanol–water partition coefficient (Wildman–Crippen LogP) is 3.71. The van der Waals surface area contributed by atoms with E-state index >= 15 is 4.39 Å². The average Bonchev–Trinajstić information content (AvgIpc) is 3.47. The Morgan fingerprint density at radius 2 is 2.09 bits per heavy atom. The van der Waals surface area contributed by atoms with Crippen molar-refractivity contribution in [3.05, 3.63) is 64.7 Å². The van der Waals surface area contributed by atoms with Crippen LogP contribution in [-0.4, -0.2) is 49.6 Å². The van der Waals surface area contributed by atoms with Gasteiger partial charge < -0.3 is 9.84 Å². The number of aliphatic hydroxyl groups excluding tert-OH is 1. The topological polar surface area (TPSA) is 80.5 Å². The molecule has 33 heavy (non-hydrogen) atoms. The Bertz CT molecular complexity index is 1190. The van der Waals surface area contributed by atoms with E-state index in [4.69, 9.17) is 4.74 Å². The molecule has 1 N–H and O–H groups in total. The summed E-state index contributed by atoms with van der Waals surface area (Å²) < 4.78 is 22.7. The maximum absolute atomic E-state index is 15.2. The van der Waals surface area contributed by atoms with Gasteiger partial charge in [0.05, 0.1) is 23.4 Å². The number of aromatic nitrogens is 3. The van der Waals surface area contributed by atoms with Gasteiger partial charge in [-0.25, -0.2) is 4.39 Å². The van der Waals surface area contributed by atoms with Gasteiger partial charge in [0.15, 0.2) is 18.3 Å². The van der Waals surface area contributed by atoms with Crippen LogP contribution in [0.2, 0.25) is 0 Å². The van der Waals surface area contributed by atoms with Crippen molar-refractivity contribution in [2.24, 2.45) is 0 Å². The highest BCUT2D eigenvalue weighted by Crippen LogP contribution is 2.36. The first-order valence-electron chi connectivity index (χ1n) is 11.4. The lowest BCUT2D eigenvalue weighted by Gasteiger charge is -2.35. The van der Waals surface area contributed by atoms with Gasteiger partial charge in [-0.2, -0.15) is 5.10 Å².